The monoisotopic (exact) mass is 205 g/mol. The Morgan fingerprint density at radius 2 is 2.08 bits per heavy atom. The first-order valence-corrected chi connectivity index (χ1v) is 4.01. The quantitative estimate of drug-likeness (QED) is 0.784. The molecule has 0 aliphatic carbocycles. The van der Waals surface area contributed by atoms with Crippen molar-refractivity contribution < 1.29 is 0 Å². The Morgan fingerprint density at radius 3 is 2.58 bits per heavy atom. The molecule has 0 fully saturated rings. The predicted octanol–water partition coefficient (Wildman–Crippen LogP) is 2.79. The van der Waals surface area contributed by atoms with Crippen molar-refractivity contribution in [2.24, 2.45) is 0 Å². The van der Waals surface area contributed by atoms with Crippen LogP contribution in [0.3, 0.4) is 0 Å². The van der Waals surface area contributed by atoms with Crippen LogP contribution in [0.5, 0.6) is 0 Å². The van der Waals surface area contributed by atoms with E-state index < -0.39 is 0 Å². The molecule has 0 atom stereocenters. The zero-order valence-corrected chi connectivity index (χ0v) is 8.80. The fourth-order valence-corrected chi connectivity index (χ4v) is 1.29. The van der Waals surface area contributed by atoms with Crippen LogP contribution in [0.2, 0.25) is 5.02 Å². The number of aryl methyl sites for hydroxylation is 1. The number of hydrogen-bond acceptors (Lipinski definition) is 1. The van der Waals surface area contributed by atoms with Gasteiger partial charge >= 0.3 is 0 Å². The van der Waals surface area contributed by atoms with Crippen LogP contribution in [0.15, 0.2) is 18.2 Å². The fraction of sp³-hybridized carbons (Fsp3) is 0.333. The van der Waals surface area contributed by atoms with E-state index in [2.05, 4.69) is 11.4 Å². The van der Waals surface area contributed by atoms with Crippen LogP contribution in [0.1, 0.15) is 11.1 Å². The van der Waals surface area contributed by atoms with Gasteiger partial charge in [0.15, 0.2) is 0 Å². The van der Waals surface area contributed by atoms with E-state index in [4.69, 9.17) is 11.6 Å². The lowest BCUT2D eigenvalue weighted by atomic mass is 10.1. The Bertz CT molecular complexity index is 248. The molecular formula is C9H13Cl2N. The van der Waals surface area contributed by atoms with Crippen LogP contribution in [0.4, 0.5) is 0 Å². The van der Waals surface area contributed by atoms with Gasteiger partial charge in [-0.3, -0.25) is 0 Å². The Balaban J connectivity index is 0.00000121. The van der Waals surface area contributed by atoms with Gasteiger partial charge in [-0.05, 0) is 31.2 Å². The summed E-state index contributed by atoms with van der Waals surface area (Å²) in [4.78, 5) is 0. The molecule has 0 aliphatic heterocycles. The van der Waals surface area contributed by atoms with E-state index in [1.807, 2.05) is 26.1 Å². The summed E-state index contributed by atoms with van der Waals surface area (Å²) in [5.74, 6) is 0. The molecule has 1 N–H and O–H groups in total. The summed E-state index contributed by atoms with van der Waals surface area (Å²) < 4.78 is 0. The number of benzene rings is 1. The summed E-state index contributed by atoms with van der Waals surface area (Å²) in [6.07, 6.45) is 0. The first kappa shape index (κ1) is 11.8. The van der Waals surface area contributed by atoms with Gasteiger partial charge < -0.3 is 5.32 Å². The van der Waals surface area contributed by atoms with Crippen molar-refractivity contribution in [2.45, 2.75) is 13.5 Å². The first-order chi connectivity index (χ1) is 5.24. The molecule has 0 radical (unpaired) electrons. The maximum Gasteiger partial charge on any atom is 0.0453 e. The van der Waals surface area contributed by atoms with Crippen LogP contribution in [0.25, 0.3) is 0 Å². The number of nitrogens with one attached hydrogen (secondary N) is 1. The zero-order chi connectivity index (χ0) is 8.27. The lowest BCUT2D eigenvalue weighted by Gasteiger charge is -2.03. The van der Waals surface area contributed by atoms with E-state index in [0.29, 0.717) is 0 Å². The predicted molar refractivity (Wildman–Crippen MR) is 56.2 cm³/mol. The number of rotatable bonds is 2. The third kappa shape index (κ3) is 3.02. The van der Waals surface area contributed by atoms with Crippen molar-refractivity contribution in [3.8, 4) is 0 Å². The minimum Gasteiger partial charge on any atom is -0.316 e. The smallest absolute Gasteiger partial charge is 0.0453 e. The summed E-state index contributed by atoms with van der Waals surface area (Å²) in [7, 11) is 1.91. The minimum absolute atomic E-state index is 0. The zero-order valence-electron chi connectivity index (χ0n) is 7.23. The molecule has 1 rings (SSSR count). The van der Waals surface area contributed by atoms with Gasteiger partial charge in [0.2, 0.25) is 0 Å². The molecule has 0 aliphatic rings. The largest absolute Gasteiger partial charge is 0.316 e. The Morgan fingerprint density at radius 1 is 1.42 bits per heavy atom. The normalized spacial score (nSPS) is 9.25. The third-order valence-corrected chi connectivity index (χ3v) is 1.93. The number of halogens is 2. The van der Waals surface area contributed by atoms with E-state index in [-0.39, 0.29) is 12.4 Å². The highest BCUT2D eigenvalue weighted by atomic mass is 35.5. The Kier molecular flexibility index (Phi) is 5.31. The molecule has 68 valence electrons. The maximum absolute atomic E-state index is 5.97. The molecule has 1 aromatic carbocycles. The summed E-state index contributed by atoms with van der Waals surface area (Å²) in [6, 6.07) is 6.10. The summed E-state index contributed by atoms with van der Waals surface area (Å²) in [6.45, 7) is 2.87. The minimum atomic E-state index is 0. The van der Waals surface area contributed by atoms with Crippen LogP contribution < -0.4 is 5.32 Å². The second kappa shape index (κ2) is 5.41. The van der Waals surface area contributed by atoms with Gasteiger partial charge in [-0.25, -0.2) is 0 Å². The van der Waals surface area contributed by atoms with Crippen molar-refractivity contribution in [3.63, 3.8) is 0 Å². The van der Waals surface area contributed by atoms with Crippen molar-refractivity contribution in [3.05, 3.63) is 34.3 Å². The molecule has 1 aromatic rings. The molecule has 0 spiro atoms. The molecule has 0 aromatic heterocycles. The highest BCUT2D eigenvalue weighted by Crippen LogP contribution is 2.16. The Labute approximate surface area is 84.5 Å². The van der Waals surface area contributed by atoms with Gasteiger partial charge in [0, 0.05) is 11.6 Å². The van der Waals surface area contributed by atoms with Crippen molar-refractivity contribution in [1.29, 1.82) is 0 Å². The second-order valence-corrected chi connectivity index (χ2v) is 3.03. The molecule has 1 nitrogen and oxygen atoms in total. The molecule has 0 unspecified atom stereocenters. The Hall–Kier alpha value is -0.240. The van der Waals surface area contributed by atoms with Crippen LogP contribution in [-0.2, 0) is 6.54 Å². The molecule has 12 heavy (non-hydrogen) atoms. The molecule has 0 amide bonds. The average molecular weight is 206 g/mol. The van der Waals surface area contributed by atoms with E-state index >= 15 is 0 Å². The molecule has 0 bridgehead atoms. The van der Waals surface area contributed by atoms with Crippen molar-refractivity contribution in [1.82, 2.24) is 5.32 Å². The van der Waals surface area contributed by atoms with E-state index in [9.17, 15) is 0 Å². The fourth-order valence-electron chi connectivity index (χ4n) is 0.986. The first-order valence-electron chi connectivity index (χ1n) is 3.63. The third-order valence-electron chi connectivity index (χ3n) is 1.58. The van der Waals surface area contributed by atoms with Crippen LogP contribution in [0, 0.1) is 6.92 Å². The molecule has 0 saturated heterocycles. The number of hydrogen-bond donors (Lipinski definition) is 1. The summed E-state index contributed by atoms with van der Waals surface area (Å²) in [5, 5.41) is 3.91. The van der Waals surface area contributed by atoms with Crippen molar-refractivity contribution in [2.75, 3.05) is 7.05 Å². The second-order valence-electron chi connectivity index (χ2n) is 2.63. The van der Waals surface area contributed by atoms with E-state index in [0.717, 1.165) is 17.1 Å². The van der Waals surface area contributed by atoms with E-state index in [1.165, 1.54) is 5.56 Å². The standard InChI is InChI=1S/C9H12ClN.ClH/c1-7-3-4-8(6-11-2)9(10)5-7;/h3-5,11H,6H2,1-2H3;1H. The summed E-state index contributed by atoms with van der Waals surface area (Å²) >= 11 is 5.97. The van der Waals surface area contributed by atoms with Crippen LogP contribution >= 0.6 is 24.0 Å². The highest BCUT2D eigenvalue weighted by molar-refractivity contribution is 6.31. The lowest BCUT2D eigenvalue weighted by Crippen LogP contribution is -2.05. The van der Waals surface area contributed by atoms with Crippen LogP contribution in [-0.4, -0.2) is 7.05 Å². The molecular weight excluding hydrogens is 193 g/mol. The summed E-state index contributed by atoms with van der Waals surface area (Å²) in [5.41, 5.74) is 2.36. The van der Waals surface area contributed by atoms with Gasteiger partial charge in [0.25, 0.3) is 0 Å². The average Bonchev–Trinajstić information content (AvgIpc) is 1.95. The molecule has 0 heterocycles. The molecule has 3 heteroatoms. The van der Waals surface area contributed by atoms with Gasteiger partial charge in [-0.1, -0.05) is 23.7 Å². The van der Waals surface area contributed by atoms with E-state index in [1.54, 1.807) is 0 Å². The van der Waals surface area contributed by atoms with Gasteiger partial charge in [-0.15, -0.1) is 12.4 Å². The van der Waals surface area contributed by atoms with Gasteiger partial charge in [-0.2, -0.15) is 0 Å². The van der Waals surface area contributed by atoms with Gasteiger partial charge in [0.05, 0.1) is 0 Å². The SMILES string of the molecule is CNCc1ccc(C)cc1Cl.Cl. The lowest BCUT2D eigenvalue weighted by molar-refractivity contribution is 0.818. The molecule has 0 saturated carbocycles. The topological polar surface area (TPSA) is 12.0 Å². The highest BCUT2D eigenvalue weighted by Gasteiger charge is 1.97. The maximum atomic E-state index is 5.97. The van der Waals surface area contributed by atoms with Gasteiger partial charge in [0.1, 0.15) is 0 Å². The van der Waals surface area contributed by atoms with Crippen molar-refractivity contribution >= 4 is 24.0 Å².